The van der Waals surface area contributed by atoms with E-state index in [1.54, 1.807) is 41.3 Å². The topological polar surface area (TPSA) is 86.3 Å². The van der Waals surface area contributed by atoms with Crippen molar-refractivity contribution in [1.82, 2.24) is 0 Å². The number of carbonyl (C=O) groups excluding carboxylic acids is 2. The van der Waals surface area contributed by atoms with Crippen molar-refractivity contribution in [1.29, 1.82) is 0 Å². The Bertz CT molecular complexity index is 1140. The van der Waals surface area contributed by atoms with Gasteiger partial charge in [-0.3, -0.25) is 9.59 Å². The van der Waals surface area contributed by atoms with Crippen LogP contribution in [-0.2, 0) is 4.79 Å². The highest BCUT2D eigenvalue weighted by Crippen LogP contribution is 2.35. The van der Waals surface area contributed by atoms with Gasteiger partial charge in [-0.25, -0.2) is 0 Å². The molecule has 34 heavy (non-hydrogen) atoms. The first-order valence-electron chi connectivity index (χ1n) is 10.9. The Labute approximate surface area is 198 Å². The number of fused-ring (bicyclic) bond motifs is 1. The Morgan fingerprint density at radius 2 is 1.74 bits per heavy atom. The summed E-state index contributed by atoms with van der Waals surface area (Å²) in [6, 6.07) is 19.9. The second kappa shape index (κ2) is 10.6. The van der Waals surface area contributed by atoms with Crippen LogP contribution in [0.5, 0.6) is 23.0 Å². The molecule has 2 amide bonds. The molecule has 0 saturated heterocycles. The molecule has 1 aliphatic rings. The molecule has 0 radical (unpaired) electrons. The molecule has 8 heteroatoms. The fourth-order valence-corrected chi connectivity index (χ4v) is 3.73. The van der Waals surface area contributed by atoms with Crippen LogP contribution in [0.15, 0.2) is 66.7 Å². The van der Waals surface area contributed by atoms with Crippen LogP contribution < -0.4 is 29.2 Å². The van der Waals surface area contributed by atoms with Crippen LogP contribution in [0.25, 0.3) is 0 Å². The van der Waals surface area contributed by atoms with E-state index >= 15 is 0 Å². The van der Waals surface area contributed by atoms with Crippen LogP contribution in [0, 0.1) is 0 Å². The van der Waals surface area contributed by atoms with Crippen molar-refractivity contribution < 1.29 is 28.5 Å². The van der Waals surface area contributed by atoms with Gasteiger partial charge in [0, 0.05) is 18.3 Å². The summed E-state index contributed by atoms with van der Waals surface area (Å²) in [7, 11) is 2.99. The maximum Gasteiger partial charge on any atom is 0.265 e. The second-order valence-corrected chi connectivity index (χ2v) is 7.52. The molecule has 1 N–H and O–H groups in total. The number of rotatable bonds is 9. The minimum absolute atomic E-state index is 0.0652. The summed E-state index contributed by atoms with van der Waals surface area (Å²) in [5.41, 5.74) is 1.48. The third-order valence-electron chi connectivity index (χ3n) is 5.35. The molecular formula is C26H26N2O6. The summed E-state index contributed by atoms with van der Waals surface area (Å²) < 4.78 is 22.0. The number of ether oxygens (including phenoxy) is 4. The van der Waals surface area contributed by atoms with Gasteiger partial charge in [0.25, 0.3) is 11.8 Å². The number of hydrogen-bond acceptors (Lipinski definition) is 6. The Balaban J connectivity index is 1.44. The average molecular weight is 463 g/mol. The zero-order valence-corrected chi connectivity index (χ0v) is 19.1. The molecule has 0 spiro atoms. The van der Waals surface area contributed by atoms with Crippen molar-refractivity contribution in [3.63, 3.8) is 0 Å². The average Bonchev–Trinajstić information content (AvgIpc) is 2.87. The van der Waals surface area contributed by atoms with Gasteiger partial charge >= 0.3 is 0 Å². The lowest BCUT2D eigenvalue weighted by Crippen LogP contribution is -2.39. The molecule has 0 unspecified atom stereocenters. The SMILES string of the molecule is COc1cccc(OC)c1C(=O)Nc1ccc2c(c1)OCC(=O)N2CCCOc1ccccc1. The maximum absolute atomic E-state index is 13.0. The molecule has 0 saturated carbocycles. The molecule has 8 nitrogen and oxygen atoms in total. The van der Waals surface area contributed by atoms with Crippen LogP contribution in [0.1, 0.15) is 16.8 Å². The zero-order valence-electron chi connectivity index (χ0n) is 19.1. The number of nitrogens with one attached hydrogen (secondary N) is 1. The van der Waals surface area contributed by atoms with E-state index in [0.717, 1.165) is 5.75 Å². The van der Waals surface area contributed by atoms with Gasteiger partial charge in [0.1, 0.15) is 28.6 Å². The molecule has 0 aromatic heterocycles. The van der Waals surface area contributed by atoms with Gasteiger partial charge in [-0.1, -0.05) is 24.3 Å². The summed E-state index contributed by atoms with van der Waals surface area (Å²) in [5, 5.41) is 2.85. The monoisotopic (exact) mass is 462 g/mol. The van der Waals surface area contributed by atoms with Crippen molar-refractivity contribution in [3.8, 4) is 23.0 Å². The summed E-state index contributed by atoms with van der Waals surface area (Å²) in [5.74, 6) is 1.62. The summed E-state index contributed by atoms with van der Waals surface area (Å²) in [6.45, 7) is 0.912. The Morgan fingerprint density at radius 3 is 2.44 bits per heavy atom. The number of nitrogens with zero attached hydrogens (tertiary/aromatic N) is 1. The smallest absolute Gasteiger partial charge is 0.265 e. The van der Waals surface area contributed by atoms with Gasteiger partial charge in [-0.15, -0.1) is 0 Å². The summed E-state index contributed by atoms with van der Waals surface area (Å²) in [6.07, 6.45) is 0.659. The van der Waals surface area contributed by atoms with Gasteiger partial charge in [-0.2, -0.15) is 0 Å². The Morgan fingerprint density at radius 1 is 1.00 bits per heavy atom. The quantitative estimate of drug-likeness (QED) is 0.481. The number of amides is 2. The largest absolute Gasteiger partial charge is 0.496 e. The Hall–Kier alpha value is -4.20. The first-order valence-corrected chi connectivity index (χ1v) is 10.9. The number of carbonyl (C=O) groups is 2. The highest BCUT2D eigenvalue weighted by atomic mass is 16.5. The van der Waals surface area contributed by atoms with Gasteiger partial charge < -0.3 is 29.2 Å². The maximum atomic E-state index is 13.0. The fourth-order valence-electron chi connectivity index (χ4n) is 3.73. The molecule has 1 aliphatic heterocycles. The molecule has 0 fully saturated rings. The zero-order chi connectivity index (χ0) is 23.9. The lowest BCUT2D eigenvalue weighted by Gasteiger charge is -2.29. The molecule has 4 rings (SSSR count). The van der Waals surface area contributed by atoms with Gasteiger partial charge in [0.05, 0.1) is 26.5 Å². The van der Waals surface area contributed by atoms with Crippen LogP contribution in [0.4, 0.5) is 11.4 Å². The number of para-hydroxylation sites is 1. The predicted molar refractivity (Wildman–Crippen MR) is 128 cm³/mol. The summed E-state index contributed by atoms with van der Waals surface area (Å²) in [4.78, 5) is 27.1. The van der Waals surface area contributed by atoms with E-state index in [1.807, 2.05) is 30.3 Å². The normalized spacial score (nSPS) is 12.4. The van der Waals surface area contributed by atoms with Gasteiger partial charge in [0.15, 0.2) is 6.61 Å². The highest BCUT2D eigenvalue weighted by Gasteiger charge is 2.26. The molecule has 0 aliphatic carbocycles. The van der Waals surface area contributed by atoms with E-state index in [1.165, 1.54) is 14.2 Å². The van der Waals surface area contributed by atoms with Crippen molar-refractivity contribution in [3.05, 3.63) is 72.3 Å². The lowest BCUT2D eigenvalue weighted by molar-refractivity contribution is -0.121. The van der Waals surface area contributed by atoms with Crippen LogP contribution >= 0.6 is 0 Å². The fraction of sp³-hybridized carbons (Fsp3) is 0.231. The first-order chi connectivity index (χ1) is 16.6. The minimum Gasteiger partial charge on any atom is -0.496 e. The van der Waals surface area contributed by atoms with Crippen LogP contribution in [-0.4, -0.2) is 45.8 Å². The summed E-state index contributed by atoms with van der Waals surface area (Å²) >= 11 is 0. The number of anilines is 2. The van der Waals surface area contributed by atoms with E-state index < -0.39 is 0 Å². The van der Waals surface area contributed by atoms with E-state index in [2.05, 4.69) is 5.32 Å². The number of benzene rings is 3. The first kappa shape index (κ1) is 23.0. The predicted octanol–water partition coefficient (Wildman–Crippen LogP) is 4.15. The molecule has 3 aromatic carbocycles. The lowest BCUT2D eigenvalue weighted by atomic mass is 10.1. The van der Waals surface area contributed by atoms with E-state index in [4.69, 9.17) is 18.9 Å². The van der Waals surface area contributed by atoms with Crippen molar-refractivity contribution >= 4 is 23.2 Å². The van der Waals surface area contributed by atoms with Crippen molar-refractivity contribution in [2.24, 2.45) is 0 Å². The molecule has 0 bridgehead atoms. The third-order valence-corrected chi connectivity index (χ3v) is 5.35. The van der Waals surface area contributed by atoms with Gasteiger partial charge in [-0.05, 0) is 42.8 Å². The number of hydrogen-bond donors (Lipinski definition) is 1. The molecule has 176 valence electrons. The highest BCUT2D eigenvalue weighted by molar-refractivity contribution is 6.08. The van der Waals surface area contributed by atoms with Crippen molar-refractivity contribution in [2.45, 2.75) is 6.42 Å². The molecular weight excluding hydrogens is 436 g/mol. The van der Waals surface area contributed by atoms with Crippen molar-refractivity contribution in [2.75, 3.05) is 44.2 Å². The van der Waals surface area contributed by atoms with Gasteiger partial charge in [0.2, 0.25) is 0 Å². The third kappa shape index (κ3) is 5.06. The Kier molecular flexibility index (Phi) is 7.17. The van der Waals surface area contributed by atoms with E-state index in [0.29, 0.717) is 53.8 Å². The molecule has 3 aromatic rings. The van der Waals surface area contributed by atoms with E-state index in [-0.39, 0.29) is 18.4 Å². The second-order valence-electron chi connectivity index (χ2n) is 7.52. The van der Waals surface area contributed by atoms with E-state index in [9.17, 15) is 9.59 Å². The molecule has 0 atom stereocenters. The van der Waals surface area contributed by atoms with Crippen LogP contribution in [0.2, 0.25) is 0 Å². The van der Waals surface area contributed by atoms with Crippen LogP contribution in [0.3, 0.4) is 0 Å². The number of methoxy groups -OCH3 is 2. The molecule has 1 heterocycles. The standard InChI is InChI=1S/C26H26N2O6/c1-31-21-10-6-11-22(32-2)25(21)26(30)27-18-12-13-20-23(16-18)34-17-24(29)28(20)14-7-15-33-19-8-4-3-5-9-19/h3-6,8-13,16H,7,14-15,17H2,1-2H3,(H,27,30). The minimum atomic E-state index is -0.379.